The van der Waals surface area contributed by atoms with Crippen LogP contribution in [0.2, 0.25) is 0 Å². The van der Waals surface area contributed by atoms with Crippen LogP contribution in [0.15, 0.2) is 24.3 Å². The highest BCUT2D eigenvalue weighted by Gasteiger charge is 2.59. The molecule has 3 nitrogen and oxygen atoms in total. The van der Waals surface area contributed by atoms with E-state index in [2.05, 4.69) is 0 Å². The molecule has 0 fully saturated rings. The first-order valence-corrected chi connectivity index (χ1v) is 4.35. The monoisotopic (exact) mass is 233 g/mol. The van der Waals surface area contributed by atoms with Gasteiger partial charge in [-0.15, -0.1) is 0 Å². The number of aryl methyl sites for hydroxylation is 1. The van der Waals surface area contributed by atoms with E-state index in [0.29, 0.717) is 5.56 Å². The normalized spacial score (nSPS) is 15.6. The number of alkyl halides is 3. The molecule has 88 valence electrons. The molecular formula is C10H10F3NO2. The smallest absolute Gasteiger partial charge is 0.421 e. The van der Waals surface area contributed by atoms with Crippen LogP contribution in [0.5, 0.6) is 0 Å². The van der Waals surface area contributed by atoms with Crippen molar-refractivity contribution < 1.29 is 23.1 Å². The van der Waals surface area contributed by atoms with Gasteiger partial charge in [-0.2, -0.15) is 13.2 Å². The summed E-state index contributed by atoms with van der Waals surface area (Å²) in [6, 6.07) is 5.05. The molecule has 6 heteroatoms. The van der Waals surface area contributed by atoms with Crippen molar-refractivity contribution in [2.24, 2.45) is 5.73 Å². The fraction of sp³-hybridized carbons (Fsp3) is 0.300. The van der Waals surface area contributed by atoms with Gasteiger partial charge in [0.15, 0.2) is 0 Å². The molecule has 3 N–H and O–H groups in total. The summed E-state index contributed by atoms with van der Waals surface area (Å²) in [5.41, 5.74) is 1.65. The number of rotatable bonds is 2. The van der Waals surface area contributed by atoms with E-state index < -0.39 is 23.2 Å². The Morgan fingerprint density at radius 1 is 1.38 bits per heavy atom. The van der Waals surface area contributed by atoms with Gasteiger partial charge >= 0.3 is 12.1 Å². The standard InChI is InChI=1S/C10H10F3NO2/c1-6-3-2-4-7(5-6)9(14,8(15)16)10(11,12)13/h2-5H,14H2,1H3,(H,15,16)/t9-/m1/s1. The zero-order valence-electron chi connectivity index (χ0n) is 8.38. The maximum atomic E-state index is 12.7. The minimum Gasteiger partial charge on any atom is -0.479 e. The van der Waals surface area contributed by atoms with Crippen molar-refractivity contribution in [1.29, 1.82) is 0 Å². The van der Waals surface area contributed by atoms with Gasteiger partial charge in [0.05, 0.1) is 0 Å². The Balaban J connectivity index is 3.39. The van der Waals surface area contributed by atoms with Crippen molar-refractivity contribution >= 4 is 5.97 Å². The van der Waals surface area contributed by atoms with E-state index in [0.717, 1.165) is 12.1 Å². The van der Waals surface area contributed by atoms with Crippen LogP contribution >= 0.6 is 0 Å². The quantitative estimate of drug-likeness (QED) is 0.818. The number of aliphatic carboxylic acids is 1. The van der Waals surface area contributed by atoms with E-state index in [-0.39, 0.29) is 0 Å². The molecule has 1 rings (SSSR count). The van der Waals surface area contributed by atoms with Crippen molar-refractivity contribution in [3.05, 3.63) is 35.4 Å². The Hall–Kier alpha value is -1.56. The van der Waals surface area contributed by atoms with E-state index >= 15 is 0 Å². The Morgan fingerprint density at radius 2 is 1.94 bits per heavy atom. The highest BCUT2D eigenvalue weighted by Crippen LogP contribution is 2.37. The van der Waals surface area contributed by atoms with Crippen molar-refractivity contribution in [2.75, 3.05) is 0 Å². The van der Waals surface area contributed by atoms with Crippen LogP contribution in [0.1, 0.15) is 11.1 Å². The first kappa shape index (κ1) is 12.5. The van der Waals surface area contributed by atoms with Gasteiger partial charge in [0.2, 0.25) is 5.54 Å². The maximum Gasteiger partial charge on any atom is 0.421 e. The summed E-state index contributed by atoms with van der Waals surface area (Å²) in [6.45, 7) is 1.56. The van der Waals surface area contributed by atoms with Gasteiger partial charge in [0.25, 0.3) is 0 Å². The molecule has 0 unspecified atom stereocenters. The molecule has 1 aromatic carbocycles. The first-order chi connectivity index (χ1) is 7.19. The van der Waals surface area contributed by atoms with Crippen LogP contribution < -0.4 is 5.73 Å². The molecule has 1 aromatic rings. The fourth-order valence-electron chi connectivity index (χ4n) is 1.30. The van der Waals surface area contributed by atoms with Gasteiger partial charge in [0.1, 0.15) is 0 Å². The molecule has 0 bridgehead atoms. The topological polar surface area (TPSA) is 63.3 Å². The summed E-state index contributed by atoms with van der Waals surface area (Å²) in [7, 11) is 0. The van der Waals surface area contributed by atoms with E-state index in [1.165, 1.54) is 6.07 Å². The molecule has 0 aliphatic rings. The molecule has 0 aliphatic carbocycles. The lowest BCUT2D eigenvalue weighted by Crippen LogP contribution is -2.56. The molecule has 0 saturated heterocycles. The molecule has 0 amide bonds. The van der Waals surface area contributed by atoms with Crippen LogP contribution in [0, 0.1) is 6.92 Å². The average Bonchev–Trinajstić information content (AvgIpc) is 2.14. The number of carboxylic acid groups (broad SMARTS) is 1. The van der Waals surface area contributed by atoms with Crippen LogP contribution in [0.25, 0.3) is 0 Å². The highest BCUT2D eigenvalue weighted by atomic mass is 19.4. The Labute approximate surface area is 89.7 Å². The van der Waals surface area contributed by atoms with Gasteiger partial charge in [-0.3, -0.25) is 0 Å². The summed E-state index contributed by atoms with van der Waals surface area (Å²) in [4.78, 5) is 10.7. The third-order valence-electron chi connectivity index (χ3n) is 2.26. The lowest BCUT2D eigenvalue weighted by atomic mass is 9.89. The SMILES string of the molecule is Cc1cccc([C@@](N)(C(=O)O)C(F)(F)F)c1. The number of carbonyl (C=O) groups is 1. The average molecular weight is 233 g/mol. The number of nitrogens with two attached hydrogens (primary N) is 1. The molecule has 0 saturated carbocycles. The van der Waals surface area contributed by atoms with Crippen LogP contribution in [-0.4, -0.2) is 17.3 Å². The Morgan fingerprint density at radius 3 is 2.31 bits per heavy atom. The molecule has 0 aromatic heterocycles. The summed E-state index contributed by atoms with van der Waals surface area (Å²) in [6.07, 6.45) is -5.05. The van der Waals surface area contributed by atoms with E-state index in [1.807, 2.05) is 0 Å². The minimum atomic E-state index is -5.05. The molecular weight excluding hydrogens is 223 g/mol. The van der Waals surface area contributed by atoms with Gasteiger partial charge in [-0.25, -0.2) is 4.79 Å². The number of hydrogen-bond donors (Lipinski definition) is 2. The lowest BCUT2D eigenvalue weighted by molar-refractivity contribution is -0.204. The third-order valence-corrected chi connectivity index (χ3v) is 2.26. The fourth-order valence-corrected chi connectivity index (χ4v) is 1.30. The van der Waals surface area contributed by atoms with E-state index in [1.54, 1.807) is 13.0 Å². The number of carboxylic acids is 1. The van der Waals surface area contributed by atoms with E-state index in [9.17, 15) is 18.0 Å². The van der Waals surface area contributed by atoms with Crippen molar-refractivity contribution in [3.8, 4) is 0 Å². The maximum absolute atomic E-state index is 12.7. The zero-order valence-corrected chi connectivity index (χ0v) is 8.38. The third kappa shape index (κ3) is 1.88. The number of benzene rings is 1. The van der Waals surface area contributed by atoms with Crippen LogP contribution in [-0.2, 0) is 10.3 Å². The second-order valence-electron chi connectivity index (χ2n) is 3.48. The van der Waals surface area contributed by atoms with Crippen molar-refractivity contribution in [2.45, 2.75) is 18.6 Å². The van der Waals surface area contributed by atoms with Crippen molar-refractivity contribution in [1.82, 2.24) is 0 Å². The predicted molar refractivity (Wildman–Crippen MR) is 50.7 cm³/mol. The van der Waals surface area contributed by atoms with Crippen LogP contribution in [0.3, 0.4) is 0 Å². The predicted octanol–water partition coefficient (Wildman–Crippen LogP) is 1.80. The largest absolute Gasteiger partial charge is 0.479 e. The molecule has 0 radical (unpaired) electrons. The molecule has 0 spiro atoms. The second kappa shape index (κ2) is 3.79. The van der Waals surface area contributed by atoms with E-state index in [4.69, 9.17) is 10.8 Å². The highest BCUT2D eigenvalue weighted by molar-refractivity contribution is 5.81. The summed E-state index contributed by atoms with van der Waals surface area (Å²) < 4.78 is 38.0. The summed E-state index contributed by atoms with van der Waals surface area (Å²) in [5, 5.41) is 8.67. The minimum absolute atomic E-state index is 0.479. The Bertz CT molecular complexity index is 417. The van der Waals surface area contributed by atoms with Gasteiger partial charge in [-0.1, -0.05) is 29.8 Å². The van der Waals surface area contributed by atoms with Crippen LogP contribution in [0.4, 0.5) is 13.2 Å². The zero-order chi connectivity index (χ0) is 12.6. The molecule has 16 heavy (non-hydrogen) atoms. The summed E-state index contributed by atoms with van der Waals surface area (Å²) >= 11 is 0. The lowest BCUT2D eigenvalue weighted by Gasteiger charge is -2.27. The number of halogens is 3. The van der Waals surface area contributed by atoms with Gasteiger partial charge in [0, 0.05) is 0 Å². The molecule has 0 heterocycles. The first-order valence-electron chi connectivity index (χ1n) is 4.35. The molecule has 1 atom stereocenters. The van der Waals surface area contributed by atoms with Gasteiger partial charge < -0.3 is 10.8 Å². The summed E-state index contributed by atoms with van der Waals surface area (Å²) in [5.74, 6) is -2.12. The van der Waals surface area contributed by atoms with Gasteiger partial charge in [-0.05, 0) is 12.5 Å². The van der Waals surface area contributed by atoms with Crippen molar-refractivity contribution in [3.63, 3.8) is 0 Å². The molecule has 0 aliphatic heterocycles. The Kier molecular flexibility index (Phi) is 2.96. The second-order valence-corrected chi connectivity index (χ2v) is 3.48. The number of hydrogen-bond acceptors (Lipinski definition) is 2.